The van der Waals surface area contributed by atoms with E-state index in [9.17, 15) is 9.59 Å². The number of likely N-dealkylation sites (tertiary alicyclic amines) is 1. The summed E-state index contributed by atoms with van der Waals surface area (Å²) in [7, 11) is 0. The predicted octanol–water partition coefficient (Wildman–Crippen LogP) is 2.43. The van der Waals surface area contributed by atoms with E-state index < -0.39 is 5.41 Å². The van der Waals surface area contributed by atoms with Gasteiger partial charge in [0.1, 0.15) is 0 Å². The van der Waals surface area contributed by atoms with Crippen LogP contribution in [-0.2, 0) is 9.59 Å². The van der Waals surface area contributed by atoms with Crippen molar-refractivity contribution in [2.24, 2.45) is 5.41 Å². The maximum Gasteiger partial charge on any atom is 0.235 e. The number of nitrogens with one attached hydrogen (secondary N) is 1. The van der Waals surface area contributed by atoms with Gasteiger partial charge in [-0.15, -0.1) is 0 Å². The van der Waals surface area contributed by atoms with Crippen LogP contribution >= 0.6 is 0 Å². The van der Waals surface area contributed by atoms with E-state index in [4.69, 9.17) is 0 Å². The third-order valence-electron chi connectivity index (χ3n) is 4.01. The lowest BCUT2D eigenvalue weighted by molar-refractivity contribution is -0.141. The van der Waals surface area contributed by atoms with E-state index in [1.807, 2.05) is 27.7 Å². The number of aryl methyl sites for hydroxylation is 1. The summed E-state index contributed by atoms with van der Waals surface area (Å²) in [6, 6.07) is 8.20. The Bertz CT molecular complexity index is 534. The average molecular weight is 288 g/mol. The van der Waals surface area contributed by atoms with Gasteiger partial charge in [-0.1, -0.05) is 50.6 Å². The first kappa shape index (κ1) is 15.7. The van der Waals surface area contributed by atoms with Gasteiger partial charge < -0.3 is 5.32 Å². The fourth-order valence-electron chi connectivity index (χ4n) is 2.73. The molecule has 1 aliphatic rings. The van der Waals surface area contributed by atoms with Crippen LogP contribution in [-0.4, -0.2) is 29.8 Å². The van der Waals surface area contributed by atoms with E-state index in [0.717, 1.165) is 12.1 Å². The largest absolute Gasteiger partial charge is 0.309 e. The molecule has 1 aliphatic heterocycles. The lowest BCUT2D eigenvalue weighted by atomic mass is 9.92. The van der Waals surface area contributed by atoms with E-state index in [-0.39, 0.29) is 17.9 Å². The molecule has 0 aromatic heterocycles. The van der Waals surface area contributed by atoms with Gasteiger partial charge in [-0.25, -0.2) is 0 Å². The van der Waals surface area contributed by atoms with Crippen molar-refractivity contribution in [1.29, 1.82) is 0 Å². The van der Waals surface area contributed by atoms with Crippen LogP contribution in [0.2, 0.25) is 0 Å². The van der Waals surface area contributed by atoms with Crippen molar-refractivity contribution >= 4 is 11.8 Å². The van der Waals surface area contributed by atoms with Crippen LogP contribution in [0.3, 0.4) is 0 Å². The second-order valence-corrected chi connectivity index (χ2v) is 6.39. The van der Waals surface area contributed by atoms with Crippen LogP contribution in [0, 0.1) is 12.3 Å². The van der Waals surface area contributed by atoms with E-state index in [2.05, 4.69) is 29.6 Å². The Morgan fingerprint density at radius 1 is 1.24 bits per heavy atom. The molecule has 0 radical (unpaired) electrons. The molecule has 1 atom stereocenters. The second kappa shape index (κ2) is 5.98. The van der Waals surface area contributed by atoms with Crippen molar-refractivity contribution in [3.8, 4) is 0 Å². The number of hydrogen-bond acceptors (Lipinski definition) is 3. The summed E-state index contributed by atoms with van der Waals surface area (Å²) in [6.45, 7) is 8.93. The third kappa shape index (κ3) is 3.32. The molecule has 4 nitrogen and oxygen atoms in total. The molecule has 1 saturated heterocycles. The molecule has 1 aromatic carbocycles. The zero-order chi connectivity index (χ0) is 15.6. The van der Waals surface area contributed by atoms with Gasteiger partial charge in [0.25, 0.3) is 0 Å². The molecule has 1 heterocycles. The molecule has 1 fully saturated rings. The van der Waals surface area contributed by atoms with E-state index >= 15 is 0 Å². The van der Waals surface area contributed by atoms with Crippen LogP contribution in [0.25, 0.3) is 0 Å². The standard InChI is InChI=1S/C17H24N2O2/c1-5-18-14(13-8-6-12(2)7-9-13)11-19-15(20)10-17(3,4)16(19)21/h6-9,14,18H,5,10-11H2,1-4H3. The highest BCUT2D eigenvalue weighted by atomic mass is 16.2. The fraction of sp³-hybridized carbons (Fsp3) is 0.529. The lowest BCUT2D eigenvalue weighted by Crippen LogP contribution is -2.40. The summed E-state index contributed by atoms with van der Waals surface area (Å²) in [5.74, 6) is -0.137. The minimum Gasteiger partial charge on any atom is -0.309 e. The molecule has 1 aromatic rings. The number of benzene rings is 1. The van der Waals surface area contributed by atoms with Gasteiger partial charge in [0.15, 0.2) is 0 Å². The third-order valence-corrected chi connectivity index (χ3v) is 4.01. The Kier molecular flexibility index (Phi) is 4.47. The van der Waals surface area contributed by atoms with Crippen molar-refractivity contribution in [2.45, 2.75) is 40.2 Å². The van der Waals surface area contributed by atoms with Crippen molar-refractivity contribution < 1.29 is 9.59 Å². The van der Waals surface area contributed by atoms with Gasteiger partial charge in [0, 0.05) is 13.0 Å². The van der Waals surface area contributed by atoms with Crippen LogP contribution in [0.1, 0.15) is 44.4 Å². The van der Waals surface area contributed by atoms with Gasteiger partial charge >= 0.3 is 0 Å². The first-order chi connectivity index (χ1) is 9.85. The summed E-state index contributed by atoms with van der Waals surface area (Å²) in [6.07, 6.45) is 0.304. The number of rotatable bonds is 5. The molecule has 0 bridgehead atoms. The first-order valence-corrected chi connectivity index (χ1v) is 7.50. The number of hydrogen-bond donors (Lipinski definition) is 1. The van der Waals surface area contributed by atoms with Crippen LogP contribution in [0.4, 0.5) is 0 Å². The number of likely N-dealkylation sites (N-methyl/N-ethyl adjacent to an activating group) is 1. The molecule has 1 N–H and O–H groups in total. The van der Waals surface area contributed by atoms with Crippen molar-refractivity contribution in [2.75, 3.05) is 13.1 Å². The quantitative estimate of drug-likeness (QED) is 0.847. The summed E-state index contributed by atoms with van der Waals surface area (Å²) < 4.78 is 0. The maximum absolute atomic E-state index is 12.3. The van der Waals surface area contributed by atoms with Crippen LogP contribution in [0.5, 0.6) is 0 Å². The van der Waals surface area contributed by atoms with Gasteiger partial charge in [0.2, 0.25) is 11.8 Å². The first-order valence-electron chi connectivity index (χ1n) is 7.50. The highest BCUT2D eigenvalue weighted by Gasteiger charge is 2.45. The van der Waals surface area contributed by atoms with Crippen molar-refractivity contribution in [1.82, 2.24) is 10.2 Å². The number of carbonyl (C=O) groups is 2. The molecule has 21 heavy (non-hydrogen) atoms. The summed E-state index contributed by atoms with van der Waals surface area (Å²) in [4.78, 5) is 25.9. The fourth-order valence-corrected chi connectivity index (χ4v) is 2.73. The van der Waals surface area contributed by atoms with Crippen LogP contribution in [0.15, 0.2) is 24.3 Å². The normalized spacial score (nSPS) is 19.1. The molecule has 114 valence electrons. The maximum atomic E-state index is 12.3. The number of carbonyl (C=O) groups excluding carboxylic acids is 2. The highest BCUT2D eigenvalue weighted by Crippen LogP contribution is 2.32. The minimum absolute atomic E-state index is 0.0163. The Hall–Kier alpha value is -1.68. The highest BCUT2D eigenvalue weighted by molar-refractivity contribution is 6.05. The van der Waals surface area contributed by atoms with Crippen LogP contribution < -0.4 is 5.32 Å². The molecule has 4 heteroatoms. The second-order valence-electron chi connectivity index (χ2n) is 6.39. The van der Waals surface area contributed by atoms with E-state index in [1.165, 1.54) is 10.5 Å². The molecular weight excluding hydrogens is 264 g/mol. The SMILES string of the molecule is CCNC(CN1C(=O)CC(C)(C)C1=O)c1ccc(C)cc1. The molecule has 2 rings (SSSR count). The van der Waals surface area contributed by atoms with E-state index in [0.29, 0.717) is 13.0 Å². The molecule has 0 spiro atoms. The molecule has 1 unspecified atom stereocenters. The number of imide groups is 1. The summed E-state index contributed by atoms with van der Waals surface area (Å²) in [5.41, 5.74) is 1.73. The number of nitrogens with zero attached hydrogens (tertiary/aromatic N) is 1. The Labute approximate surface area is 126 Å². The zero-order valence-electron chi connectivity index (χ0n) is 13.3. The van der Waals surface area contributed by atoms with Crippen molar-refractivity contribution in [3.63, 3.8) is 0 Å². The molecule has 2 amide bonds. The topological polar surface area (TPSA) is 49.4 Å². The molecular formula is C17H24N2O2. The zero-order valence-corrected chi connectivity index (χ0v) is 13.3. The molecule has 0 aliphatic carbocycles. The monoisotopic (exact) mass is 288 g/mol. The Morgan fingerprint density at radius 2 is 1.86 bits per heavy atom. The van der Waals surface area contributed by atoms with E-state index in [1.54, 1.807) is 0 Å². The van der Waals surface area contributed by atoms with Crippen molar-refractivity contribution in [3.05, 3.63) is 35.4 Å². The smallest absolute Gasteiger partial charge is 0.235 e. The summed E-state index contributed by atoms with van der Waals surface area (Å²) >= 11 is 0. The summed E-state index contributed by atoms with van der Waals surface area (Å²) in [5, 5.41) is 3.37. The predicted molar refractivity (Wildman–Crippen MR) is 82.7 cm³/mol. The lowest BCUT2D eigenvalue weighted by Gasteiger charge is -2.25. The molecule has 0 saturated carbocycles. The number of amides is 2. The average Bonchev–Trinajstić information content (AvgIpc) is 2.61. The van der Waals surface area contributed by atoms with Gasteiger partial charge in [-0.3, -0.25) is 14.5 Å². The van der Waals surface area contributed by atoms with Gasteiger partial charge in [0.05, 0.1) is 11.5 Å². The Balaban J connectivity index is 2.19. The van der Waals surface area contributed by atoms with Gasteiger partial charge in [-0.2, -0.15) is 0 Å². The van der Waals surface area contributed by atoms with Gasteiger partial charge in [-0.05, 0) is 19.0 Å². The Morgan fingerprint density at radius 3 is 2.33 bits per heavy atom. The minimum atomic E-state index is -0.568.